The standard InChI is InChI=1S/C23H23N5O2/c1-3-23-15-30-12-11-28(23)21-19(27(2)22(23)29)14-25-20(26-21)17-9-10-24-13-18(17)16-7-5-4-6-8-16/h4-10,13-14H,3,11-12,15H2,1-2H3/t23-/m0/s1. The Kier molecular flexibility index (Phi) is 4.47. The van der Waals surface area contributed by atoms with Crippen molar-refractivity contribution in [3.63, 3.8) is 0 Å². The summed E-state index contributed by atoms with van der Waals surface area (Å²) in [4.78, 5) is 30.9. The molecule has 4 heterocycles. The van der Waals surface area contributed by atoms with Gasteiger partial charge in [0.05, 0.1) is 19.4 Å². The first-order valence-corrected chi connectivity index (χ1v) is 10.2. The highest BCUT2D eigenvalue weighted by molar-refractivity contribution is 6.07. The lowest BCUT2D eigenvalue weighted by Gasteiger charge is -2.51. The number of rotatable bonds is 3. The molecule has 0 aliphatic carbocycles. The van der Waals surface area contributed by atoms with Gasteiger partial charge in [-0.2, -0.15) is 0 Å². The Bertz CT molecular complexity index is 1100. The zero-order chi connectivity index (χ0) is 20.7. The minimum Gasteiger partial charge on any atom is -0.377 e. The number of hydrogen-bond donors (Lipinski definition) is 0. The van der Waals surface area contributed by atoms with E-state index < -0.39 is 5.54 Å². The Hall–Kier alpha value is -3.32. The smallest absolute Gasteiger partial charge is 0.255 e. The SMILES string of the molecule is CC[C@@]12COCCN1c1nc(-c3ccncc3-c3ccccc3)ncc1N(C)C2=O. The largest absolute Gasteiger partial charge is 0.377 e. The summed E-state index contributed by atoms with van der Waals surface area (Å²) < 4.78 is 5.72. The molecule has 1 fully saturated rings. The van der Waals surface area contributed by atoms with Crippen molar-refractivity contribution in [2.45, 2.75) is 18.9 Å². The van der Waals surface area contributed by atoms with E-state index in [0.29, 0.717) is 32.0 Å². The summed E-state index contributed by atoms with van der Waals surface area (Å²) >= 11 is 0. The second-order valence-corrected chi connectivity index (χ2v) is 7.64. The fraction of sp³-hybridized carbons (Fsp3) is 0.304. The Balaban J connectivity index is 1.67. The lowest BCUT2D eigenvalue weighted by Crippen LogP contribution is -2.68. The third-order valence-corrected chi connectivity index (χ3v) is 6.12. The number of pyridine rings is 1. The van der Waals surface area contributed by atoms with Crippen LogP contribution >= 0.6 is 0 Å². The number of fused-ring (bicyclic) bond motifs is 3. The van der Waals surface area contributed by atoms with Crippen LogP contribution in [0.2, 0.25) is 0 Å². The molecule has 5 rings (SSSR count). The number of morpholine rings is 1. The second kappa shape index (κ2) is 7.18. The normalized spacial score (nSPS) is 20.7. The van der Waals surface area contributed by atoms with Gasteiger partial charge in [0.1, 0.15) is 11.2 Å². The van der Waals surface area contributed by atoms with Crippen molar-refractivity contribution in [3.8, 4) is 22.5 Å². The number of likely N-dealkylation sites (N-methyl/N-ethyl adjacent to an activating group) is 1. The van der Waals surface area contributed by atoms with Gasteiger partial charge in [-0.25, -0.2) is 9.97 Å². The fourth-order valence-electron chi connectivity index (χ4n) is 4.41. The maximum atomic E-state index is 13.2. The van der Waals surface area contributed by atoms with Crippen LogP contribution in [0.3, 0.4) is 0 Å². The Morgan fingerprint density at radius 1 is 1.13 bits per heavy atom. The maximum Gasteiger partial charge on any atom is 0.255 e. The van der Waals surface area contributed by atoms with E-state index in [1.54, 1.807) is 24.3 Å². The Labute approximate surface area is 175 Å². The van der Waals surface area contributed by atoms with Crippen LogP contribution in [0.4, 0.5) is 11.5 Å². The van der Waals surface area contributed by atoms with E-state index in [4.69, 9.17) is 9.72 Å². The van der Waals surface area contributed by atoms with Gasteiger partial charge in [-0.3, -0.25) is 9.78 Å². The van der Waals surface area contributed by atoms with Gasteiger partial charge in [0.2, 0.25) is 0 Å². The second-order valence-electron chi connectivity index (χ2n) is 7.64. The summed E-state index contributed by atoms with van der Waals surface area (Å²) in [5.74, 6) is 1.43. The molecule has 2 aromatic heterocycles. The van der Waals surface area contributed by atoms with Gasteiger partial charge in [-0.05, 0) is 18.1 Å². The monoisotopic (exact) mass is 401 g/mol. The highest BCUT2D eigenvalue weighted by Gasteiger charge is 2.51. The van der Waals surface area contributed by atoms with Crippen LogP contribution in [0.1, 0.15) is 13.3 Å². The van der Waals surface area contributed by atoms with Gasteiger partial charge < -0.3 is 14.5 Å². The van der Waals surface area contributed by atoms with Crippen molar-refractivity contribution >= 4 is 17.4 Å². The summed E-state index contributed by atoms with van der Waals surface area (Å²) in [6.45, 7) is 3.59. The molecular formula is C23H23N5O2. The van der Waals surface area contributed by atoms with Crippen LogP contribution in [0.25, 0.3) is 22.5 Å². The third-order valence-electron chi connectivity index (χ3n) is 6.12. The zero-order valence-electron chi connectivity index (χ0n) is 17.1. The van der Waals surface area contributed by atoms with E-state index in [9.17, 15) is 4.79 Å². The average Bonchev–Trinajstić information content (AvgIpc) is 2.82. The molecule has 152 valence electrons. The zero-order valence-corrected chi connectivity index (χ0v) is 17.1. The number of carbonyl (C=O) groups excluding carboxylic acids is 1. The fourth-order valence-corrected chi connectivity index (χ4v) is 4.41. The first-order valence-electron chi connectivity index (χ1n) is 10.2. The number of nitrogens with zero attached hydrogens (tertiary/aromatic N) is 5. The summed E-state index contributed by atoms with van der Waals surface area (Å²) in [5, 5.41) is 0. The van der Waals surface area contributed by atoms with E-state index in [2.05, 4.69) is 27.0 Å². The molecule has 30 heavy (non-hydrogen) atoms. The lowest BCUT2D eigenvalue weighted by molar-refractivity contribution is -0.128. The van der Waals surface area contributed by atoms with Gasteiger partial charge in [0.25, 0.3) is 5.91 Å². The molecule has 2 aliphatic heterocycles. The maximum absolute atomic E-state index is 13.2. The van der Waals surface area contributed by atoms with Crippen molar-refractivity contribution < 1.29 is 9.53 Å². The molecule has 0 unspecified atom stereocenters. The predicted molar refractivity (Wildman–Crippen MR) is 115 cm³/mol. The van der Waals surface area contributed by atoms with Gasteiger partial charge in [-0.1, -0.05) is 37.3 Å². The molecule has 0 spiro atoms. The number of benzene rings is 1. The van der Waals surface area contributed by atoms with Gasteiger partial charge in [0, 0.05) is 37.1 Å². The average molecular weight is 401 g/mol. The minimum atomic E-state index is -0.716. The third kappa shape index (κ3) is 2.69. The van der Waals surface area contributed by atoms with Crippen LogP contribution in [-0.2, 0) is 9.53 Å². The number of carbonyl (C=O) groups is 1. The van der Waals surface area contributed by atoms with Crippen LogP contribution in [0.5, 0.6) is 0 Å². The number of ether oxygens (including phenoxy) is 1. The van der Waals surface area contributed by atoms with Gasteiger partial charge >= 0.3 is 0 Å². The van der Waals surface area contributed by atoms with Crippen molar-refractivity contribution in [1.29, 1.82) is 0 Å². The molecule has 7 heteroatoms. The molecule has 0 N–H and O–H groups in total. The molecular weight excluding hydrogens is 378 g/mol. The lowest BCUT2D eigenvalue weighted by atomic mass is 9.89. The molecule has 7 nitrogen and oxygen atoms in total. The van der Waals surface area contributed by atoms with Crippen LogP contribution < -0.4 is 9.80 Å². The molecule has 1 amide bonds. The summed E-state index contributed by atoms with van der Waals surface area (Å²) in [6.07, 6.45) is 6.00. The number of aromatic nitrogens is 3. The van der Waals surface area contributed by atoms with E-state index in [0.717, 1.165) is 28.2 Å². The molecule has 1 saturated heterocycles. The highest BCUT2D eigenvalue weighted by Crippen LogP contribution is 2.42. The minimum absolute atomic E-state index is 0.0300. The topological polar surface area (TPSA) is 71.5 Å². The number of anilines is 2. The van der Waals surface area contributed by atoms with Crippen molar-refractivity contribution in [1.82, 2.24) is 15.0 Å². The van der Waals surface area contributed by atoms with E-state index in [1.807, 2.05) is 37.4 Å². The van der Waals surface area contributed by atoms with Crippen LogP contribution in [0, 0.1) is 0 Å². The summed E-state index contributed by atoms with van der Waals surface area (Å²) in [5.41, 5.74) is 2.95. The van der Waals surface area contributed by atoms with E-state index >= 15 is 0 Å². The van der Waals surface area contributed by atoms with Gasteiger partial charge in [-0.15, -0.1) is 0 Å². The first kappa shape index (κ1) is 18.7. The van der Waals surface area contributed by atoms with Crippen LogP contribution in [-0.4, -0.2) is 53.2 Å². The number of amides is 1. The highest BCUT2D eigenvalue weighted by atomic mass is 16.5. The Morgan fingerprint density at radius 3 is 2.77 bits per heavy atom. The van der Waals surface area contributed by atoms with E-state index in [1.165, 1.54) is 0 Å². The molecule has 2 aliphatic rings. The van der Waals surface area contributed by atoms with Crippen LogP contribution in [0.15, 0.2) is 55.0 Å². The molecule has 1 aromatic carbocycles. The van der Waals surface area contributed by atoms with Crippen molar-refractivity contribution in [2.24, 2.45) is 0 Å². The predicted octanol–water partition coefficient (Wildman–Crippen LogP) is 3.17. The van der Waals surface area contributed by atoms with Crippen molar-refractivity contribution in [2.75, 3.05) is 36.6 Å². The quantitative estimate of drug-likeness (QED) is 0.671. The summed E-state index contributed by atoms with van der Waals surface area (Å²) in [6, 6.07) is 12.0. The van der Waals surface area contributed by atoms with E-state index in [-0.39, 0.29) is 5.91 Å². The molecule has 0 radical (unpaired) electrons. The van der Waals surface area contributed by atoms with Gasteiger partial charge in [0.15, 0.2) is 11.6 Å². The first-order chi connectivity index (χ1) is 14.7. The molecule has 3 aromatic rings. The summed E-state index contributed by atoms with van der Waals surface area (Å²) in [7, 11) is 1.79. The molecule has 1 atom stereocenters. The Morgan fingerprint density at radius 2 is 1.97 bits per heavy atom. The number of hydrogen-bond acceptors (Lipinski definition) is 6. The van der Waals surface area contributed by atoms with Crippen molar-refractivity contribution in [3.05, 3.63) is 55.0 Å². The molecule has 0 saturated carbocycles. The molecule has 0 bridgehead atoms.